The van der Waals surface area contributed by atoms with Crippen molar-refractivity contribution in [2.75, 3.05) is 0 Å². The zero-order valence-electron chi connectivity index (χ0n) is 14.0. The van der Waals surface area contributed by atoms with Gasteiger partial charge in [0.15, 0.2) is 0 Å². The first kappa shape index (κ1) is 15.9. The molecule has 2 nitrogen and oxygen atoms in total. The second-order valence-electron chi connectivity index (χ2n) is 6.09. The van der Waals surface area contributed by atoms with Gasteiger partial charge in [0.2, 0.25) is 0 Å². The van der Waals surface area contributed by atoms with E-state index in [0.717, 1.165) is 22.0 Å². The minimum atomic E-state index is 0.907. The maximum Gasteiger partial charge on any atom is 0.119 e. The Morgan fingerprint density at radius 2 is 1.56 bits per heavy atom. The summed E-state index contributed by atoms with van der Waals surface area (Å²) in [6, 6.07) is 27.5. The van der Waals surface area contributed by atoms with Crippen molar-refractivity contribution in [3.63, 3.8) is 0 Å². The van der Waals surface area contributed by atoms with Gasteiger partial charge in [-0.3, -0.25) is 0 Å². The molecule has 0 aliphatic heterocycles. The summed E-state index contributed by atoms with van der Waals surface area (Å²) in [4.78, 5) is 0. The molecule has 0 aliphatic carbocycles. The quantitative estimate of drug-likeness (QED) is 0.432. The van der Waals surface area contributed by atoms with Gasteiger partial charge in [-0.2, -0.15) is 0 Å². The fourth-order valence-electron chi connectivity index (χ4n) is 2.74. The Balaban J connectivity index is 1.49. The van der Waals surface area contributed by atoms with E-state index in [4.69, 9.17) is 0 Å². The summed E-state index contributed by atoms with van der Waals surface area (Å²) >= 11 is 1.71. The summed E-state index contributed by atoms with van der Waals surface area (Å²) in [5, 5.41) is 12.2. The van der Waals surface area contributed by atoms with Crippen LogP contribution in [0.4, 0.5) is 0 Å². The van der Waals surface area contributed by atoms with Gasteiger partial charge in [-0.05, 0) is 41.5 Å². The van der Waals surface area contributed by atoms with E-state index in [1.807, 2.05) is 0 Å². The summed E-state index contributed by atoms with van der Waals surface area (Å²) in [6.45, 7) is 2.11. The molecule has 122 valence electrons. The normalized spacial score (nSPS) is 10.9. The molecule has 0 aliphatic rings. The highest BCUT2D eigenvalue weighted by Gasteiger charge is 2.04. The van der Waals surface area contributed by atoms with Crippen molar-refractivity contribution in [3.05, 3.63) is 90.0 Å². The number of nitrogens with zero attached hydrogens (tertiary/aromatic N) is 2. The third-order valence-electron chi connectivity index (χ3n) is 4.19. The van der Waals surface area contributed by atoms with Gasteiger partial charge in [0.25, 0.3) is 0 Å². The molecule has 0 saturated heterocycles. The maximum atomic E-state index is 4.41. The predicted molar refractivity (Wildman–Crippen MR) is 106 cm³/mol. The van der Waals surface area contributed by atoms with Crippen molar-refractivity contribution < 1.29 is 0 Å². The number of rotatable bonds is 4. The SMILES string of the molecule is Cc1ccc(CSc2ccc(-c3ccc4ccccc4c3)nn2)cc1. The topological polar surface area (TPSA) is 25.8 Å². The van der Waals surface area contributed by atoms with Crippen LogP contribution in [-0.2, 0) is 5.75 Å². The highest BCUT2D eigenvalue weighted by molar-refractivity contribution is 7.98. The molecule has 0 amide bonds. The largest absolute Gasteiger partial charge is 0.149 e. The van der Waals surface area contributed by atoms with Gasteiger partial charge in [0.05, 0.1) is 5.69 Å². The molecule has 0 radical (unpaired) electrons. The Labute approximate surface area is 151 Å². The number of thioether (sulfide) groups is 1. The lowest BCUT2D eigenvalue weighted by Crippen LogP contribution is -1.90. The van der Waals surface area contributed by atoms with Crippen LogP contribution in [0, 0.1) is 6.92 Å². The van der Waals surface area contributed by atoms with Gasteiger partial charge in [-0.25, -0.2) is 0 Å². The zero-order valence-corrected chi connectivity index (χ0v) is 14.8. The molecule has 0 spiro atoms. The number of aryl methyl sites for hydroxylation is 1. The molecule has 3 aromatic carbocycles. The zero-order chi connectivity index (χ0) is 17.1. The fraction of sp³-hybridized carbons (Fsp3) is 0.0909. The van der Waals surface area contributed by atoms with Gasteiger partial charge in [-0.15, -0.1) is 10.2 Å². The molecule has 25 heavy (non-hydrogen) atoms. The van der Waals surface area contributed by atoms with Crippen LogP contribution >= 0.6 is 11.8 Å². The van der Waals surface area contributed by atoms with Crippen molar-refractivity contribution in [1.82, 2.24) is 10.2 Å². The lowest BCUT2D eigenvalue weighted by atomic mass is 10.1. The van der Waals surface area contributed by atoms with Crippen molar-refractivity contribution in [1.29, 1.82) is 0 Å². The van der Waals surface area contributed by atoms with Crippen molar-refractivity contribution in [3.8, 4) is 11.3 Å². The van der Waals surface area contributed by atoms with Gasteiger partial charge >= 0.3 is 0 Å². The molecule has 1 aromatic heterocycles. The second kappa shape index (κ2) is 7.08. The number of benzene rings is 3. The van der Waals surface area contributed by atoms with E-state index in [9.17, 15) is 0 Å². The number of hydrogen-bond acceptors (Lipinski definition) is 3. The third kappa shape index (κ3) is 3.72. The monoisotopic (exact) mass is 342 g/mol. The average molecular weight is 342 g/mol. The molecule has 3 heteroatoms. The van der Waals surface area contributed by atoms with Crippen LogP contribution in [0.1, 0.15) is 11.1 Å². The van der Waals surface area contributed by atoms with Gasteiger partial charge < -0.3 is 0 Å². The van der Waals surface area contributed by atoms with E-state index in [0.29, 0.717) is 0 Å². The first-order valence-electron chi connectivity index (χ1n) is 8.29. The van der Waals surface area contributed by atoms with E-state index in [1.54, 1.807) is 11.8 Å². The lowest BCUT2D eigenvalue weighted by Gasteiger charge is -2.05. The minimum absolute atomic E-state index is 0.907. The Kier molecular flexibility index (Phi) is 4.49. The van der Waals surface area contributed by atoms with E-state index in [-0.39, 0.29) is 0 Å². The number of fused-ring (bicyclic) bond motifs is 1. The molecular formula is C22H18N2S. The molecular weight excluding hydrogens is 324 g/mol. The first-order valence-corrected chi connectivity index (χ1v) is 9.28. The molecule has 0 fully saturated rings. The standard InChI is InChI=1S/C22H18N2S/c1-16-6-8-17(9-7-16)15-25-22-13-12-21(23-24-22)20-11-10-18-4-2-3-5-19(18)14-20/h2-14H,15H2,1H3. The Hall–Kier alpha value is -2.65. The molecule has 0 unspecified atom stereocenters. The van der Waals surface area contributed by atoms with E-state index >= 15 is 0 Å². The summed E-state index contributed by atoms with van der Waals surface area (Å²) in [7, 11) is 0. The smallest absolute Gasteiger partial charge is 0.119 e. The molecule has 0 saturated carbocycles. The van der Waals surface area contributed by atoms with Crippen molar-refractivity contribution >= 4 is 22.5 Å². The number of hydrogen-bond donors (Lipinski definition) is 0. The van der Waals surface area contributed by atoms with E-state index in [2.05, 4.69) is 96.0 Å². The van der Waals surface area contributed by atoms with Crippen molar-refractivity contribution in [2.24, 2.45) is 0 Å². The lowest BCUT2D eigenvalue weighted by molar-refractivity contribution is 0.935. The van der Waals surface area contributed by atoms with Gasteiger partial charge in [-0.1, -0.05) is 78.0 Å². The Bertz CT molecular complexity index is 992. The molecule has 1 heterocycles. The highest BCUT2D eigenvalue weighted by Crippen LogP contribution is 2.25. The molecule has 0 atom stereocenters. The van der Waals surface area contributed by atoms with Crippen LogP contribution in [-0.4, -0.2) is 10.2 Å². The summed E-state index contributed by atoms with van der Waals surface area (Å²) < 4.78 is 0. The summed E-state index contributed by atoms with van der Waals surface area (Å²) in [6.07, 6.45) is 0. The molecule has 0 bridgehead atoms. The highest BCUT2D eigenvalue weighted by atomic mass is 32.2. The summed E-state index contributed by atoms with van der Waals surface area (Å²) in [5.41, 5.74) is 4.59. The Morgan fingerprint density at radius 1 is 0.760 bits per heavy atom. The van der Waals surface area contributed by atoms with Crippen LogP contribution in [0.2, 0.25) is 0 Å². The first-order chi connectivity index (χ1) is 12.3. The van der Waals surface area contributed by atoms with E-state index < -0.39 is 0 Å². The van der Waals surface area contributed by atoms with Gasteiger partial charge in [0.1, 0.15) is 5.03 Å². The van der Waals surface area contributed by atoms with Crippen molar-refractivity contribution in [2.45, 2.75) is 17.7 Å². The second-order valence-corrected chi connectivity index (χ2v) is 7.09. The van der Waals surface area contributed by atoms with Crippen LogP contribution in [0.25, 0.3) is 22.0 Å². The predicted octanol–water partition coefficient (Wildman–Crippen LogP) is 5.90. The van der Waals surface area contributed by atoms with Crippen LogP contribution < -0.4 is 0 Å². The third-order valence-corrected chi connectivity index (χ3v) is 5.18. The average Bonchev–Trinajstić information content (AvgIpc) is 2.68. The van der Waals surface area contributed by atoms with Crippen LogP contribution in [0.15, 0.2) is 83.9 Å². The minimum Gasteiger partial charge on any atom is -0.149 e. The number of aromatic nitrogens is 2. The molecule has 4 rings (SSSR count). The van der Waals surface area contributed by atoms with E-state index in [1.165, 1.54) is 21.9 Å². The fourth-order valence-corrected chi connectivity index (χ4v) is 3.51. The summed E-state index contributed by atoms with van der Waals surface area (Å²) in [5.74, 6) is 0.907. The molecule has 0 N–H and O–H groups in total. The van der Waals surface area contributed by atoms with Crippen LogP contribution in [0.5, 0.6) is 0 Å². The van der Waals surface area contributed by atoms with Crippen LogP contribution in [0.3, 0.4) is 0 Å². The molecule has 4 aromatic rings. The van der Waals surface area contributed by atoms with Gasteiger partial charge in [0, 0.05) is 11.3 Å². The Morgan fingerprint density at radius 3 is 2.32 bits per heavy atom. The maximum absolute atomic E-state index is 4.41.